The maximum Gasteiger partial charge on any atom is 0.256 e. The molecule has 1 aliphatic rings. The fourth-order valence-corrected chi connectivity index (χ4v) is 3.54. The number of aromatic nitrogens is 2. The molecule has 0 atom stereocenters. The predicted molar refractivity (Wildman–Crippen MR) is 120 cm³/mol. The van der Waals surface area contributed by atoms with Gasteiger partial charge in [-0.15, -0.1) is 0 Å². The molecule has 1 saturated carbocycles. The number of pyridine rings is 2. The van der Waals surface area contributed by atoms with Crippen LogP contribution < -0.4 is 10.9 Å². The quantitative estimate of drug-likeness (QED) is 0.491. The first-order chi connectivity index (χ1) is 14.5. The van der Waals surface area contributed by atoms with Gasteiger partial charge in [0.15, 0.2) is 0 Å². The van der Waals surface area contributed by atoms with E-state index in [2.05, 4.69) is 27.0 Å². The number of halogens is 2. The first kappa shape index (κ1) is 20.0. The third kappa shape index (κ3) is 4.04. The van der Waals surface area contributed by atoms with E-state index in [9.17, 15) is 9.18 Å². The Bertz CT molecular complexity index is 1210. The molecule has 2 N–H and O–H groups in total. The fourth-order valence-electron chi connectivity index (χ4n) is 3.37. The topological polar surface area (TPSA) is 70.1 Å². The SMILES string of the molecule is C=N/C=C\c1nccc(Nc2cc(-c3cc(Cl)ccc3F)c(=O)[nH]c2C2CC2)c1C. The lowest BCUT2D eigenvalue weighted by molar-refractivity contribution is 0.631. The third-order valence-electron chi connectivity index (χ3n) is 5.13. The number of hydrogen-bond donors (Lipinski definition) is 2. The molecule has 1 aliphatic carbocycles. The van der Waals surface area contributed by atoms with Gasteiger partial charge < -0.3 is 10.3 Å². The predicted octanol–water partition coefficient (Wildman–Crippen LogP) is 5.83. The Kier molecular flexibility index (Phi) is 5.50. The van der Waals surface area contributed by atoms with Crippen LogP contribution in [0.4, 0.5) is 15.8 Å². The zero-order valence-corrected chi connectivity index (χ0v) is 17.1. The molecule has 152 valence electrons. The van der Waals surface area contributed by atoms with Crippen LogP contribution in [0.25, 0.3) is 17.2 Å². The number of anilines is 2. The van der Waals surface area contributed by atoms with Gasteiger partial charge in [-0.3, -0.25) is 14.8 Å². The Morgan fingerprint density at radius 2 is 2.07 bits per heavy atom. The Morgan fingerprint density at radius 3 is 2.80 bits per heavy atom. The average Bonchev–Trinajstić information content (AvgIpc) is 3.57. The molecule has 0 bridgehead atoms. The second-order valence-corrected chi connectivity index (χ2v) is 7.67. The summed E-state index contributed by atoms with van der Waals surface area (Å²) in [6.07, 6.45) is 7.05. The first-order valence-corrected chi connectivity index (χ1v) is 9.93. The third-order valence-corrected chi connectivity index (χ3v) is 5.36. The molecule has 7 heteroatoms. The molecule has 0 saturated heterocycles. The van der Waals surface area contributed by atoms with Crippen LogP contribution in [0, 0.1) is 12.7 Å². The lowest BCUT2D eigenvalue weighted by Crippen LogP contribution is -2.14. The van der Waals surface area contributed by atoms with Crippen LogP contribution in [0.15, 0.2) is 52.5 Å². The van der Waals surface area contributed by atoms with Gasteiger partial charge in [0, 0.05) is 40.3 Å². The minimum atomic E-state index is -0.500. The highest BCUT2D eigenvalue weighted by Gasteiger charge is 2.28. The highest BCUT2D eigenvalue weighted by molar-refractivity contribution is 6.30. The van der Waals surface area contributed by atoms with Gasteiger partial charge in [0.25, 0.3) is 5.56 Å². The van der Waals surface area contributed by atoms with Gasteiger partial charge in [-0.05, 0) is 68.5 Å². The summed E-state index contributed by atoms with van der Waals surface area (Å²) in [5, 5.41) is 3.77. The van der Waals surface area contributed by atoms with Crippen molar-refractivity contribution in [3.05, 3.63) is 80.9 Å². The first-order valence-electron chi connectivity index (χ1n) is 9.55. The lowest BCUT2D eigenvalue weighted by atomic mass is 10.0. The molecule has 30 heavy (non-hydrogen) atoms. The largest absolute Gasteiger partial charge is 0.354 e. The molecule has 3 aromatic rings. The van der Waals surface area contributed by atoms with E-state index in [1.54, 1.807) is 24.5 Å². The molecular weight excluding hydrogens is 403 g/mol. The van der Waals surface area contributed by atoms with Crippen LogP contribution in [0.1, 0.15) is 35.7 Å². The summed E-state index contributed by atoms with van der Waals surface area (Å²) in [5.74, 6) is -0.218. The van der Waals surface area contributed by atoms with Crippen molar-refractivity contribution < 1.29 is 4.39 Å². The van der Waals surface area contributed by atoms with Crippen LogP contribution >= 0.6 is 11.6 Å². The Hall–Kier alpha value is -3.25. The minimum absolute atomic E-state index is 0.168. The maximum atomic E-state index is 14.4. The number of H-pyrrole nitrogens is 1. The molecule has 1 fully saturated rings. The molecule has 4 rings (SSSR count). The fraction of sp³-hybridized carbons (Fsp3) is 0.174. The van der Waals surface area contributed by atoms with Crippen LogP contribution in [-0.2, 0) is 0 Å². The molecule has 1 aromatic carbocycles. The minimum Gasteiger partial charge on any atom is -0.354 e. The molecular formula is C23H20ClFN4O. The van der Waals surface area contributed by atoms with Crippen molar-refractivity contribution in [2.24, 2.45) is 4.99 Å². The standard InChI is InChI=1S/C23H20ClFN4O/c1-13-19(7-9-26-2)27-10-8-20(13)28-21-12-17(16-11-15(24)5-6-18(16)25)23(30)29-22(21)14-3-4-14/h5-12,14H,2-4H2,1H3,(H,27,28)(H,29,30)/b9-7-. The number of nitrogens with one attached hydrogen (secondary N) is 2. The number of rotatable bonds is 6. The van der Waals surface area contributed by atoms with Crippen molar-refractivity contribution in [3.63, 3.8) is 0 Å². The Morgan fingerprint density at radius 1 is 1.27 bits per heavy atom. The Balaban J connectivity index is 1.82. The van der Waals surface area contributed by atoms with E-state index in [0.29, 0.717) is 5.02 Å². The van der Waals surface area contributed by atoms with Gasteiger partial charge in [-0.25, -0.2) is 4.39 Å². The van der Waals surface area contributed by atoms with Gasteiger partial charge in [-0.2, -0.15) is 0 Å². The van der Waals surface area contributed by atoms with Crippen molar-refractivity contribution in [1.29, 1.82) is 0 Å². The maximum absolute atomic E-state index is 14.4. The normalized spacial score (nSPS) is 13.6. The van der Waals surface area contributed by atoms with Crippen LogP contribution in [0.2, 0.25) is 5.02 Å². The van der Waals surface area contributed by atoms with E-state index in [0.717, 1.165) is 41.2 Å². The summed E-state index contributed by atoms with van der Waals surface area (Å²) in [5.41, 5.74) is 4.12. The zero-order valence-electron chi connectivity index (χ0n) is 16.4. The van der Waals surface area contributed by atoms with E-state index < -0.39 is 5.82 Å². The van der Waals surface area contributed by atoms with Crippen molar-refractivity contribution in [1.82, 2.24) is 9.97 Å². The van der Waals surface area contributed by atoms with Gasteiger partial charge >= 0.3 is 0 Å². The highest BCUT2D eigenvalue weighted by atomic mass is 35.5. The molecule has 0 spiro atoms. The number of nitrogens with zero attached hydrogens (tertiary/aromatic N) is 2. The molecule has 0 unspecified atom stereocenters. The van der Waals surface area contributed by atoms with Gasteiger partial charge in [0.05, 0.1) is 16.9 Å². The molecule has 0 amide bonds. The molecule has 0 aliphatic heterocycles. The zero-order chi connectivity index (χ0) is 21.3. The van der Waals surface area contributed by atoms with Gasteiger partial charge in [0.2, 0.25) is 0 Å². The van der Waals surface area contributed by atoms with E-state index in [1.165, 1.54) is 18.2 Å². The van der Waals surface area contributed by atoms with E-state index >= 15 is 0 Å². The number of hydrogen-bond acceptors (Lipinski definition) is 4. The second-order valence-electron chi connectivity index (χ2n) is 7.23. The van der Waals surface area contributed by atoms with Crippen molar-refractivity contribution >= 4 is 35.8 Å². The van der Waals surface area contributed by atoms with Gasteiger partial charge in [0.1, 0.15) is 5.82 Å². The van der Waals surface area contributed by atoms with Crippen molar-refractivity contribution in [2.45, 2.75) is 25.7 Å². The molecule has 2 aromatic heterocycles. The van der Waals surface area contributed by atoms with E-state index in [1.807, 2.05) is 13.0 Å². The summed E-state index contributed by atoms with van der Waals surface area (Å²) >= 11 is 6.04. The van der Waals surface area contributed by atoms with Crippen LogP contribution in [0.5, 0.6) is 0 Å². The summed E-state index contributed by atoms with van der Waals surface area (Å²) in [6, 6.07) is 7.74. The van der Waals surface area contributed by atoms with Crippen molar-refractivity contribution in [3.8, 4) is 11.1 Å². The van der Waals surface area contributed by atoms with E-state index in [4.69, 9.17) is 11.6 Å². The highest BCUT2D eigenvalue weighted by Crippen LogP contribution is 2.43. The van der Waals surface area contributed by atoms with Crippen molar-refractivity contribution in [2.75, 3.05) is 5.32 Å². The Labute approximate surface area is 178 Å². The summed E-state index contributed by atoms with van der Waals surface area (Å²) in [4.78, 5) is 23.8. The number of aliphatic imine (C=N–C) groups is 1. The smallest absolute Gasteiger partial charge is 0.256 e. The lowest BCUT2D eigenvalue weighted by Gasteiger charge is -2.16. The molecule has 2 heterocycles. The van der Waals surface area contributed by atoms with Crippen LogP contribution in [0.3, 0.4) is 0 Å². The number of benzene rings is 1. The summed E-state index contributed by atoms with van der Waals surface area (Å²) < 4.78 is 14.4. The summed E-state index contributed by atoms with van der Waals surface area (Å²) in [7, 11) is 0. The molecule has 0 radical (unpaired) electrons. The monoisotopic (exact) mass is 422 g/mol. The van der Waals surface area contributed by atoms with Gasteiger partial charge in [-0.1, -0.05) is 11.6 Å². The molecule has 5 nitrogen and oxygen atoms in total. The average molecular weight is 423 g/mol. The van der Waals surface area contributed by atoms with E-state index in [-0.39, 0.29) is 22.6 Å². The second kappa shape index (κ2) is 8.24. The van der Waals surface area contributed by atoms with Crippen LogP contribution in [-0.4, -0.2) is 16.7 Å². The summed E-state index contributed by atoms with van der Waals surface area (Å²) in [6.45, 7) is 5.38. The number of aromatic amines is 1.